The number of piperidine rings is 1. The first-order valence-corrected chi connectivity index (χ1v) is 14.8. The summed E-state index contributed by atoms with van der Waals surface area (Å²) in [5, 5.41) is 12.0. The molecule has 0 N–H and O–H groups in total. The minimum atomic E-state index is -4.61. The number of hydrogen-bond donors (Lipinski definition) is 0. The Kier molecular flexibility index (Phi) is 8.59. The highest BCUT2D eigenvalue weighted by Crippen LogP contribution is 2.41. The van der Waals surface area contributed by atoms with E-state index in [4.69, 9.17) is 49.4 Å². The third kappa shape index (κ3) is 6.08. The van der Waals surface area contributed by atoms with Crippen LogP contribution in [0.2, 0.25) is 15.1 Å². The lowest BCUT2D eigenvalue weighted by atomic mass is 9.97. The van der Waals surface area contributed by atoms with Gasteiger partial charge in [0.1, 0.15) is 10.2 Å². The molecule has 1 unspecified atom stereocenters. The maximum absolute atomic E-state index is 13.2. The Morgan fingerprint density at radius 1 is 1.23 bits per heavy atom. The molecule has 1 aromatic carbocycles. The van der Waals surface area contributed by atoms with Crippen molar-refractivity contribution in [3.8, 4) is 5.88 Å². The topological polar surface area (TPSA) is 81.8 Å². The van der Waals surface area contributed by atoms with Crippen molar-refractivity contribution in [2.75, 3.05) is 19.7 Å². The number of likely N-dealkylation sites (tertiary alicyclic amines) is 1. The van der Waals surface area contributed by atoms with E-state index in [-0.39, 0.29) is 22.2 Å². The van der Waals surface area contributed by atoms with Crippen molar-refractivity contribution in [1.29, 1.82) is 0 Å². The summed E-state index contributed by atoms with van der Waals surface area (Å²) in [6.07, 6.45) is -3.23. The van der Waals surface area contributed by atoms with Gasteiger partial charge in [-0.25, -0.2) is 4.98 Å². The summed E-state index contributed by atoms with van der Waals surface area (Å²) in [5.41, 5.74) is 1.05. The van der Waals surface area contributed by atoms with Gasteiger partial charge in [-0.1, -0.05) is 40.0 Å². The van der Waals surface area contributed by atoms with Crippen molar-refractivity contribution in [3.63, 3.8) is 0 Å². The molecule has 40 heavy (non-hydrogen) atoms. The second-order valence-corrected chi connectivity index (χ2v) is 12.2. The molecule has 1 atom stereocenters. The van der Waals surface area contributed by atoms with Crippen LogP contribution in [0.5, 0.6) is 5.88 Å². The molecular weight excluding hydrogens is 682 g/mol. The Labute approximate surface area is 254 Å². The van der Waals surface area contributed by atoms with Crippen LogP contribution in [-0.4, -0.2) is 51.0 Å². The number of nitrogens with zero attached hydrogens (tertiary/aromatic N) is 5. The number of aryl methyl sites for hydroxylation is 1. The predicted molar refractivity (Wildman–Crippen MR) is 149 cm³/mol. The van der Waals surface area contributed by atoms with Gasteiger partial charge in [-0.2, -0.15) is 13.2 Å². The minimum absolute atomic E-state index is 0.155. The number of carbonyl (C=O) groups excluding carboxylic acids is 1. The van der Waals surface area contributed by atoms with Crippen molar-refractivity contribution in [3.05, 3.63) is 59.0 Å². The molecule has 2 aromatic heterocycles. The zero-order chi connectivity index (χ0) is 28.8. The highest BCUT2D eigenvalue weighted by atomic mass is 79.9. The normalized spacial score (nSPS) is 18.1. The number of thiazole rings is 1. The quantitative estimate of drug-likeness (QED) is 0.270. The lowest BCUT2D eigenvalue weighted by molar-refractivity contribution is -0.144. The summed E-state index contributed by atoms with van der Waals surface area (Å²) in [7, 11) is 1.16. The molecule has 4 heterocycles. The standard InChI is InChI=1S/C24H20BrCl3F3N5O3S/c1-35-21(24(29,30)31)20(25)22(33-35)38-9-18(37)36-4-2-11(3-5-36)23-32-16(10-40-23)15-8-17(39-34-15)19-13(27)6-12(26)7-14(19)28/h6-7,10-11,17H,2-5,8-9H2,1H3. The second-order valence-electron chi connectivity index (χ2n) is 9.22. The summed E-state index contributed by atoms with van der Waals surface area (Å²) >= 11 is 23.1. The summed E-state index contributed by atoms with van der Waals surface area (Å²) in [4.78, 5) is 24.7. The van der Waals surface area contributed by atoms with Gasteiger partial charge in [-0.3, -0.25) is 9.48 Å². The first kappa shape index (κ1) is 29.4. The number of hydrogen-bond acceptors (Lipinski definition) is 7. The van der Waals surface area contributed by atoms with E-state index in [1.165, 1.54) is 11.3 Å². The molecule has 0 radical (unpaired) electrons. The van der Waals surface area contributed by atoms with Crippen LogP contribution >= 0.6 is 62.1 Å². The van der Waals surface area contributed by atoms with Crippen LogP contribution in [0.15, 0.2) is 27.1 Å². The number of ether oxygens (including phenoxy) is 1. The van der Waals surface area contributed by atoms with Gasteiger partial charge in [-0.15, -0.1) is 16.4 Å². The average Bonchev–Trinajstić information content (AvgIpc) is 3.61. The largest absolute Gasteiger partial charge is 0.466 e. The number of carbonyl (C=O) groups is 1. The van der Waals surface area contributed by atoms with E-state index >= 15 is 0 Å². The van der Waals surface area contributed by atoms with Crippen LogP contribution in [-0.2, 0) is 22.9 Å². The summed E-state index contributed by atoms with van der Waals surface area (Å²) in [5.74, 6) is -0.454. The smallest absolute Gasteiger partial charge is 0.434 e. The van der Waals surface area contributed by atoms with Crippen LogP contribution < -0.4 is 4.74 Å². The summed E-state index contributed by atoms with van der Waals surface area (Å²) in [6.45, 7) is 0.527. The van der Waals surface area contributed by atoms with Crippen LogP contribution in [0.4, 0.5) is 13.2 Å². The third-order valence-electron chi connectivity index (χ3n) is 6.61. The molecule has 5 rings (SSSR count). The molecule has 8 nitrogen and oxygen atoms in total. The molecule has 1 amide bonds. The highest BCUT2D eigenvalue weighted by molar-refractivity contribution is 9.10. The number of benzene rings is 1. The fourth-order valence-electron chi connectivity index (χ4n) is 4.62. The van der Waals surface area contributed by atoms with Crippen molar-refractivity contribution < 1.29 is 27.5 Å². The molecule has 1 fully saturated rings. The van der Waals surface area contributed by atoms with Gasteiger partial charge in [0.15, 0.2) is 18.4 Å². The molecule has 2 aliphatic heterocycles. The van der Waals surface area contributed by atoms with Crippen LogP contribution in [0.3, 0.4) is 0 Å². The zero-order valence-electron chi connectivity index (χ0n) is 20.6. The summed E-state index contributed by atoms with van der Waals surface area (Å²) < 4.78 is 45.1. The van der Waals surface area contributed by atoms with Crippen molar-refractivity contribution >= 4 is 73.7 Å². The maximum atomic E-state index is 13.2. The number of amides is 1. The fraction of sp³-hybridized carbons (Fsp3) is 0.417. The lowest BCUT2D eigenvalue weighted by Gasteiger charge is -2.31. The molecular formula is C24H20BrCl3F3N5O3S. The minimum Gasteiger partial charge on any atom is -0.466 e. The summed E-state index contributed by atoms with van der Waals surface area (Å²) in [6, 6.07) is 3.22. The van der Waals surface area contributed by atoms with Gasteiger partial charge >= 0.3 is 6.18 Å². The maximum Gasteiger partial charge on any atom is 0.434 e. The SMILES string of the molecule is Cn1nc(OCC(=O)N2CCC(c3nc(C4=NOC(c5c(Cl)cc(Cl)cc5Cl)C4)cs3)CC2)c(Br)c1C(F)(F)F. The van der Waals surface area contributed by atoms with Crippen molar-refractivity contribution in [1.82, 2.24) is 19.7 Å². The van der Waals surface area contributed by atoms with Gasteiger partial charge in [0.2, 0.25) is 5.88 Å². The highest BCUT2D eigenvalue weighted by Gasteiger charge is 2.39. The number of alkyl halides is 3. The van der Waals surface area contributed by atoms with E-state index in [2.05, 4.69) is 26.2 Å². The van der Waals surface area contributed by atoms with Gasteiger partial charge in [0.05, 0.1) is 20.7 Å². The molecule has 16 heteroatoms. The number of aromatic nitrogens is 3. The van der Waals surface area contributed by atoms with Crippen LogP contribution in [0, 0.1) is 0 Å². The first-order valence-electron chi connectivity index (χ1n) is 12.0. The Balaban J connectivity index is 1.14. The van der Waals surface area contributed by atoms with E-state index in [9.17, 15) is 18.0 Å². The van der Waals surface area contributed by atoms with Gasteiger partial charge < -0.3 is 14.5 Å². The number of oxime groups is 1. The van der Waals surface area contributed by atoms with Crippen molar-refractivity contribution in [2.24, 2.45) is 12.2 Å². The monoisotopic (exact) mass is 699 g/mol. The van der Waals surface area contributed by atoms with Gasteiger partial charge in [0.25, 0.3) is 5.91 Å². The number of rotatable bonds is 6. The molecule has 2 aliphatic rings. The molecule has 214 valence electrons. The first-order chi connectivity index (χ1) is 18.9. The van der Waals surface area contributed by atoms with Gasteiger partial charge in [0, 0.05) is 48.4 Å². The van der Waals surface area contributed by atoms with E-state index in [1.807, 2.05) is 5.38 Å². The molecule has 0 bridgehead atoms. The molecule has 0 saturated carbocycles. The number of halogens is 7. The average molecular weight is 702 g/mol. The Hall–Kier alpha value is -2.06. The zero-order valence-corrected chi connectivity index (χ0v) is 25.3. The van der Waals surface area contributed by atoms with Crippen LogP contribution in [0.1, 0.15) is 53.2 Å². The molecule has 0 spiro atoms. The Bertz CT molecular complexity index is 1450. The van der Waals surface area contributed by atoms with E-state index in [0.29, 0.717) is 63.4 Å². The van der Waals surface area contributed by atoms with Gasteiger partial charge in [-0.05, 0) is 40.9 Å². The molecule has 3 aromatic rings. The lowest BCUT2D eigenvalue weighted by Crippen LogP contribution is -2.40. The van der Waals surface area contributed by atoms with Crippen molar-refractivity contribution in [2.45, 2.75) is 37.5 Å². The molecule has 0 aliphatic carbocycles. The second kappa shape index (κ2) is 11.7. The molecule has 1 saturated heterocycles. The van der Waals surface area contributed by atoms with Crippen LogP contribution in [0.25, 0.3) is 0 Å². The Morgan fingerprint density at radius 3 is 2.52 bits per heavy atom. The van der Waals surface area contributed by atoms with E-state index < -0.39 is 24.6 Å². The van der Waals surface area contributed by atoms with E-state index in [1.54, 1.807) is 17.0 Å². The fourth-order valence-corrected chi connectivity index (χ4v) is 7.36. The Morgan fingerprint density at radius 2 is 1.90 bits per heavy atom. The third-order valence-corrected chi connectivity index (χ3v) is 9.18. The predicted octanol–water partition coefficient (Wildman–Crippen LogP) is 7.27. The van der Waals surface area contributed by atoms with E-state index in [0.717, 1.165) is 17.7 Å².